The molecule has 33 heavy (non-hydrogen) atoms. The first kappa shape index (κ1) is 23.6. The Morgan fingerprint density at radius 3 is 2.21 bits per heavy atom. The number of nitrogens with two attached hydrogens (primary N) is 1. The number of amides is 2. The summed E-state index contributed by atoms with van der Waals surface area (Å²) < 4.78 is 39.0. The molecule has 11 heteroatoms. The number of carbonyl (C=O) groups excluding carboxylic acids is 2. The van der Waals surface area contributed by atoms with E-state index in [1.165, 1.54) is 49.2 Å². The SMILES string of the molecule is NC(=O)c1cnccn1.O=C(Nc1cc(C(F)(F)F)ccc1N1CCCC1)c1ccncc1. The average molecular weight is 458 g/mol. The molecular weight excluding hydrogens is 437 g/mol. The highest BCUT2D eigenvalue weighted by Gasteiger charge is 2.32. The normalized spacial score (nSPS) is 13.1. The molecule has 2 amide bonds. The molecule has 0 radical (unpaired) electrons. The van der Waals surface area contributed by atoms with Crippen molar-refractivity contribution in [1.82, 2.24) is 15.0 Å². The number of nitrogens with one attached hydrogen (secondary N) is 1. The van der Waals surface area contributed by atoms with Gasteiger partial charge in [0.25, 0.3) is 11.8 Å². The Bertz CT molecular complexity index is 1090. The summed E-state index contributed by atoms with van der Waals surface area (Å²) in [5, 5.41) is 2.61. The number of halogens is 3. The zero-order chi connectivity index (χ0) is 23.8. The average Bonchev–Trinajstić information content (AvgIpc) is 3.35. The maximum absolute atomic E-state index is 13.0. The lowest BCUT2D eigenvalue weighted by Crippen LogP contribution is -2.22. The van der Waals surface area contributed by atoms with E-state index in [0.29, 0.717) is 11.3 Å². The van der Waals surface area contributed by atoms with Gasteiger partial charge in [-0.05, 0) is 43.2 Å². The van der Waals surface area contributed by atoms with E-state index in [0.717, 1.165) is 38.1 Å². The van der Waals surface area contributed by atoms with Gasteiger partial charge >= 0.3 is 6.18 Å². The van der Waals surface area contributed by atoms with Gasteiger partial charge in [-0.3, -0.25) is 19.6 Å². The molecule has 3 N–H and O–H groups in total. The molecule has 0 atom stereocenters. The van der Waals surface area contributed by atoms with Crippen LogP contribution in [-0.4, -0.2) is 39.9 Å². The highest BCUT2D eigenvalue weighted by molar-refractivity contribution is 6.06. The number of rotatable bonds is 4. The largest absolute Gasteiger partial charge is 0.416 e. The summed E-state index contributed by atoms with van der Waals surface area (Å²) in [6, 6.07) is 6.50. The Morgan fingerprint density at radius 2 is 1.67 bits per heavy atom. The van der Waals surface area contributed by atoms with Crippen LogP contribution < -0.4 is 16.0 Å². The maximum atomic E-state index is 13.0. The lowest BCUT2D eigenvalue weighted by atomic mass is 10.1. The fourth-order valence-electron chi connectivity index (χ4n) is 3.17. The molecule has 0 saturated carbocycles. The van der Waals surface area contributed by atoms with Crippen LogP contribution >= 0.6 is 0 Å². The molecule has 0 unspecified atom stereocenters. The van der Waals surface area contributed by atoms with Gasteiger partial charge in [-0.1, -0.05) is 0 Å². The maximum Gasteiger partial charge on any atom is 0.416 e. The van der Waals surface area contributed by atoms with E-state index < -0.39 is 23.6 Å². The third-order valence-corrected chi connectivity index (χ3v) is 4.78. The third kappa shape index (κ3) is 6.48. The number of anilines is 2. The van der Waals surface area contributed by atoms with Gasteiger partial charge in [0.2, 0.25) is 0 Å². The van der Waals surface area contributed by atoms with Crippen LogP contribution in [0.15, 0.2) is 61.3 Å². The molecule has 1 aromatic carbocycles. The van der Waals surface area contributed by atoms with Crippen LogP contribution in [0.5, 0.6) is 0 Å². The third-order valence-electron chi connectivity index (χ3n) is 4.78. The van der Waals surface area contributed by atoms with Crippen molar-refractivity contribution in [2.45, 2.75) is 19.0 Å². The lowest BCUT2D eigenvalue weighted by Gasteiger charge is -2.23. The molecule has 2 aromatic heterocycles. The van der Waals surface area contributed by atoms with Crippen LogP contribution in [-0.2, 0) is 6.18 Å². The topological polar surface area (TPSA) is 114 Å². The van der Waals surface area contributed by atoms with Crippen LogP contribution in [0.1, 0.15) is 39.3 Å². The Balaban J connectivity index is 0.000000286. The predicted octanol–water partition coefficient (Wildman–Crippen LogP) is 3.53. The van der Waals surface area contributed by atoms with Crippen LogP contribution in [0.3, 0.4) is 0 Å². The minimum absolute atomic E-state index is 0.175. The van der Waals surface area contributed by atoms with Crippen molar-refractivity contribution in [3.63, 3.8) is 0 Å². The molecule has 3 heterocycles. The van der Waals surface area contributed by atoms with Crippen LogP contribution in [0.25, 0.3) is 0 Å². The summed E-state index contributed by atoms with van der Waals surface area (Å²) in [7, 11) is 0. The van der Waals surface area contributed by atoms with Gasteiger partial charge in [0.1, 0.15) is 5.69 Å². The van der Waals surface area contributed by atoms with E-state index in [2.05, 4.69) is 20.3 Å². The zero-order valence-electron chi connectivity index (χ0n) is 17.4. The molecule has 1 aliphatic heterocycles. The minimum atomic E-state index is -4.46. The second-order valence-electron chi connectivity index (χ2n) is 7.07. The van der Waals surface area contributed by atoms with Gasteiger partial charge in [0.15, 0.2) is 0 Å². The minimum Gasteiger partial charge on any atom is -0.370 e. The van der Waals surface area contributed by atoms with Crippen molar-refractivity contribution in [3.8, 4) is 0 Å². The van der Waals surface area contributed by atoms with E-state index in [9.17, 15) is 22.8 Å². The first-order valence-corrected chi connectivity index (χ1v) is 9.99. The summed E-state index contributed by atoms with van der Waals surface area (Å²) in [4.78, 5) is 35.7. The van der Waals surface area contributed by atoms with Gasteiger partial charge in [-0.15, -0.1) is 0 Å². The molecule has 172 valence electrons. The number of hydrogen-bond acceptors (Lipinski definition) is 6. The van der Waals surface area contributed by atoms with E-state index in [1.54, 1.807) is 0 Å². The van der Waals surface area contributed by atoms with Gasteiger partial charge in [-0.2, -0.15) is 13.2 Å². The van der Waals surface area contributed by atoms with E-state index in [-0.39, 0.29) is 11.4 Å². The van der Waals surface area contributed by atoms with Crippen molar-refractivity contribution < 1.29 is 22.8 Å². The molecule has 0 bridgehead atoms. The van der Waals surface area contributed by atoms with E-state index >= 15 is 0 Å². The van der Waals surface area contributed by atoms with Gasteiger partial charge in [0.05, 0.1) is 23.1 Å². The van der Waals surface area contributed by atoms with Crippen LogP contribution in [0.2, 0.25) is 0 Å². The summed E-state index contributed by atoms with van der Waals surface area (Å²) >= 11 is 0. The van der Waals surface area contributed by atoms with Crippen LogP contribution in [0, 0.1) is 0 Å². The molecule has 0 aliphatic carbocycles. The Labute approximate surface area is 187 Å². The predicted molar refractivity (Wildman–Crippen MR) is 116 cm³/mol. The van der Waals surface area contributed by atoms with Crippen molar-refractivity contribution >= 4 is 23.2 Å². The molecule has 3 aromatic rings. The van der Waals surface area contributed by atoms with Gasteiger partial charge in [-0.25, -0.2) is 4.98 Å². The summed E-state index contributed by atoms with van der Waals surface area (Å²) in [6.45, 7) is 1.53. The fraction of sp³-hybridized carbons (Fsp3) is 0.227. The summed E-state index contributed by atoms with van der Waals surface area (Å²) in [6.07, 6.45) is 4.65. The van der Waals surface area contributed by atoms with E-state index in [4.69, 9.17) is 5.73 Å². The molecule has 1 aliphatic rings. The number of pyridine rings is 1. The standard InChI is InChI=1S/C17H16F3N3O.C5H5N3O/c18-17(19,20)13-3-4-15(23-9-1-2-10-23)14(11-13)22-16(24)12-5-7-21-8-6-12;6-5(9)4-3-7-1-2-8-4/h3-8,11H,1-2,9-10H2,(H,22,24);1-3H,(H2,6,9). The number of benzene rings is 1. The Morgan fingerprint density at radius 1 is 0.970 bits per heavy atom. The molecule has 1 fully saturated rings. The molecule has 4 rings (SSSR count). The molecule has 0 spiro atoms. The highest BCUT2D eigenvalue weighted by atomic mass is 19.4. The number of carbonyl (C=O) groups is 2. The number of aromatic nitrogens is 3. The van der Waals surface area contributed by atoms with Crippen molar-refractivity contribution in [3.05, 3.63) is 78.1 Å². The van der Waals surface area contributed by atoms with E-state index in [1.807, 2.05) is 4.90 Å². The lowest BCUT2D eigenvalue weighted by molar-refractivity contribution is -0.137. The number of nitrogens with zero attached hydrogens (tertiary/aromatic N) is 4. The zero-order valence-corrected chi connectivity index (χ0v) is 17.4. The first-order chi connectivity index (χ1) is 15.8. The summed E-state index contributed by atoms with van der Waals surface area (Å²) in [5.74, 6) is -1.01. The smallest absolute Gasteiger partial charge is 0.370 e. The molecule has 1 saturated heterocycles. The molecular formula is C22H21F3N6O2. The number of alkyl halides is 3. The van der Waals surface area contributed by atoms with Crippen LogP contribution in [0.4, 0.5) is 24.5 Å². The van der Waals surface area contributed by atoms with Gasteiger partial charge < -0.3 is 16.0 Å². The highest BCUT2D eigenvalue weighted by Crippen LogP contribution is 2.36. The van der Waals surface area contributed by atoms with Crippen molar-refractivity contribution in [2.75, 3.05) is 23.3 Å². The Kier molecular flexibility index (Phi) is 7.54. The number of hydrogen-bond donors (Lipinski definition) is 2. The fourth-order valence-corrected chi connectivity index (χ4v) is 3.17. The second kappa shape index (κ2) is 10.5. The number of primary amides is 1. The Hall–Kier alpha value is -4.02. The van der Waals surface area contributed by atoms with Gasteiger partial charge in [0, 0.05) is 43.4 Å². The second-order valence-corrected chi connectivity index (χ2v) is 7.07. The first-order valence-electron chi connectivity index (χ1n) is 9.99. The van der Waals surface area contributed by atoms with Crippen molar-refractivity contribution in [1.29, 1.82) is 0 Å². The van der Waals surface area contributed by atoms with Crippen molar-refractivity contribution in [2.24, 2.45) is 5.73 Å². The molecule has 8 nitrogen and oxygen atoms in total. The monoisotopic (exact) mass is 458 g/mol. The summed E-state index contributed by atoms with van der Waals surface area (Å²) in [5.41, 5.74) is 5.41. The quantitative estimate of drug-likeness (QED) is 0.618.